The molecule has 0 atom stereocenters. The van der Waals surface area contributed by atoms with E-state index in [0.29, 0.717) is 40.3 Å². The number of benzene rings is 2. The molecule has 0 saturated heterocycles. The first-order valence-corrected chi connectivity index (χ1v) is 9.31. The molecule has 1 aromatic heterocycles. The molecule has 1 heterocycles. The Bertz CT molecular complexity index is 1010. The Morgan fingerprint density at radius 1 is 1.24 bits per heavy atom. The molecule has 1 amide bonds. The first-order valence-electron chi connectivity index (χ1n) is 8.94. The van der Waals surface area contributed by atoms with Crippen molar-refractivity contribution >= 4 is 17.5 Å². The van der Waals surface area contributed by atoms with Crippen LogP contribution in [0.4, 0.5) is 0 Å². The molecular formula is C22H21ClN2O4. The van der Waals surface area contributed by atoms with Crippen LogP contribution in [0.5, 0.6) is 11.5 Å². The number of aromatic nitrogens is 1. The van der Waals surface area contributed by atoms with Gasteiger partial charge in [-0.2, -0.15) is 0 Å². The van der Waals surface area contributed by atoms with Crippen molar-refractivity contribution in [2.45, 2.75) is 13.5 Å². The number of carbonyl (C=O) groups excluding carboxylic acids is 1. The fraction of sp³-hybridized carbons (Fsp3) is 0.182. The van der Waals surface area contributed by atoms with E-state index in [0.717, 1.165) is 11.3 Å². The summed E-state index contributed by atoms with van der Waals surface area (Å²) in [5, 5.41) is 3.45. The van der Waals surface area contributed by atoms with Crippen LogP contribution < -0.4 is 14.8 Å². The molecule has 0 aliphatic carbocycles. The van der Waals surface area contributed by atoms with Gasteiger partial charge in [-0.3, -0.25) is 4.79 Å². The summed E-state index contributed by atoms with van der Waals surface area (Å²) >= 11 is 5.93. The van der Waals surface area contributed by atoms with Crippen molar-refractivity contribution in [1.29, 1.82) is 0 Å². The average Bonchev–Trinajstić information content (AvgIpc) is 3.11. The molecule has 0 unspecified atom stereocenters. The lowest BCUT2D eigenvalue weighted by Crippen LogP contribution is -2.23. The highest BCUT2D eigenvalue weighted by Crippen LogP contribution is 2.28. The van der Waals surface area contributed by atoms with Crippen LogP contribution in [-0.4, -0.2) is 24.6 Å². The van der Waals surface area contributed by atoms with E-state index in [9.17, 15) is 4.79 Å². The van der Waals surface area contributed by atoms with Gasteiger partial charge in [-0.15, -0.1) is 0 Å². The third kappa shape index (κ3) is 4.97. The van der Waals surface area contributed by atoms with Crippen LogP contribution in [0.2, 0.25) is 5.02 Å². The molecule has 150 valence electrons. The number of nitrogens with one attached hydrogen (secondary N) is 1. The summed E-state index contributed by atoms with van der Waals surface area (Å²) in [6.45, 7) is 5.97. The SMILES string of the molecule is C=CCOc1ccc(C(=O)NCc2nc(C)c(-c3ccc(Cl)cc3)o2)cc1OC. The van der Waals surface area contributed by atoms with E-state index < -0.39 is 0 Å². The molecule has 0 spiro atoms. The van der Waals surface area contributed by atoms with E-state index >= 15 is 0 Å². The Kier molecular flexibility index (Phi) is 6.57. The summed E-state index contributed by atoms with van der Waals surface area (Å²) in [6.07, 6.45) is 1.64. The monoisotopic (exact) mass is 412 g/mol. The summed E-state index contributed by atoms with van der Waals surface area (Å²) < 4.78 is 16.6. The van der Waals surface area contributed by atoms with E-state index in [2.05, 4.69) is 16.9 Å². The number of carbonyl (C=O) groups is 1. The van der Waals surface area contributed by atoms with Crippen LogP contribution in [0.25, 0.3) is 11.3 Å². The predicted octanol–water partition coefficient (Wildman–Crippen LogP) is 4.81. The number of amides is 1. The fourth-order valence-electron chi connectivity index (χ4n) is 2.73. The zero-order valence-electron chi connectivity index (χ0n) is 16.2. The summed E-state index contributed by atoms with van der Waals surface area (Å²) in [5.41, 5.74) is 2.05. The van der Waals surface area contributed by atoms with Gasteiger partial charge >= 0.3 is 0 Å². The average molecular weight is 413 g/mol. The second-order valence-electron chi connectivity index (χ2n) is 6.18. The number of hydrogen-bond donors (Lipinski definition) is 1. The number of oxazole rings is 1. The van der Waals surface area contributed by atoms with Gasteiger partial charge in [-0.25, -0.2) is 4.98 Å². The Morgan fingerprint density at radius 3 is 2.69 bits per heavy atom. The maximum absolute atomic E-state index is 12.5. The second kappa shape index (κ2) is 9.30. The van der Waals surface area contributed by atoms with E-state index in [1.165, 1.54) is 7.11 Å². The van der Waals surface area contributed by atoms with Gasteiger partial charge in [0, 0.05) is 16.1 Å². The Labute approximate surface area is 174 Å². The van der Waals surface area contributed by atoms with Gasteiger partial charge in [0.2, 0.25) is 5.89 Å². The van der Waals surface area contributed by atoms with Crippen molar-refractivity contribution in [3.63, 3.8) is 0 Å². The van der Waals surface area contributed by atoms with Gasteiger partial charge in [0.1, 0.15) is 6.61 Å². The van der Waals surface area contributed by atoms with Gasteiger partial charge in [0.05, 0.1) is 19.3 Å². The zero-order chi connectivity index (χ0) is 20.8. The normalized spacial score (nSPS) is 10.4. The zero-order valence-corrected chi connectivity index (χ0v) is 17.0. The first-order chi connectivity index (χ1) is 14.0. The molecule has 0 bridgehead atoms. The molecule has 29 heavy (non-hydrogen) atoms. The van der Waals surface area contributed by atoms with Crippen LogP contribution in [0.3, 0.4) is 0 Å². The molecule has 7 heteroatoms. The fourth-order valence-corrected chi connectivity index (χ4v) is 2.86. The number of halogens is 1. The molecule has 3 rings (SSSR count). The van der Waals surface area contributed by atoms with Crippen molar-refractivity contribution < 1.29 is 18.7 Å². The number of rotatable bonds is 8. The van der Waals surface area contributed by atoms with Gasteiger partial charge in [0.15, 0.2) is 17.3 Å². The van der Waals surface area contributed by atoms with Crippen molar-refractivity contribution in [1.82, 2.24) is 10.3 Å². The Hall–Kier alpha value is -3.25. The van der Waals surface area contributed by atoms with Gasteiger partial charge in [-0.1, -0.05) is 24.3 Å². The van der Waals surface area contributed by atoms with Crippen LogP contribution >= 0.6 is 11.6 Å². The maximum Gasteiger partial charge on any atom is 0.251 e. The lowest BCUT2D eigenvalue weighted by molar-refractivity contribution is 0.0947. The Morgan fingerprint density at radius 2 is 2.00 bits per heavy atom. The number of methoxy groups -OCH3 is 1. The van der Waals surface area contributed by atoms with Gasteiger partial charge < -0.3 is 19.2 Å². The smallest absolute Gasteiger partial charge is 0.251 e. The highest BCUT2D eigenvalue weighted by molar-refractivity contribution is 6.30. The number of ether oxygens (including phenoxy) is 2. The van der Waals surface area contributed by atoms with E-state index in [4.69, 9.17) is 25.5 Å². The lowest BCUT2D eigenvalue weighted by Gasteiger charge is -2.11. The topological polar surface area (TPSA) is 73.6 Å². The van der Waals surface area contributed by atoms with E-state index in [-0.39, 0.29) is 12.5 Å². The first kappa shape index (κ1) is 20.5. The molecular weight excluding hydrogens is 392 g/mol. The summed E-state index contributed by atoms with van der Waals surface area (Å²) in [4.78, 5) is 16.9. The molecule has 0 aliphatic heterocycles. The van der Waals surface area contributed by atoms with Crippen LogP contribution in [0.1, 0.15) is 21.9 Å². The molecule has 6 nitrogen and oxygen atoms in total. The predicted molar refractivity (Wildman–Crippen MR) is 112 cm³/mol. The quantitative estimate of drug-likeness (QED) is 0.537. The Balaban J connectivity index is 1.68. The molecule has 0 radical (unpaired) electrons. The van der Waals surface area contributed by atoms with Crippen molar-refractivity contribution in [2.24, 2.45) is 0 Å². The van der Waals surface area contributed by atoms with Crippen LogP contribution in [0.15, 0.2) is 59.5 Å². The molecule has 2 aromatic carbocycles. The number of hydrogen-bond acceptors (Lipinski definition) is 5. The minimum absolute atomic E-state index is 0.157. The molecule has 0 aliphatic rings. The summed E-state index contributed by atoms with van der Waals surface area (Å²) in [5.74, 6) is 1.80. The largest absolute Gasteiger partial charge is 0.493 e. The molecule has 3 aromatic rings. The van der Waals surface area contributed by atoms with E-state index in [1.807, 2.05) is 19.1 Å². The molecule has 0 fully saturated rings. The maximum atomic E-state index is 12.5. The third-order valence-electron chi connectivity index (χ3n) is 4.13. The van der Waals surface area contributed by atoms with Crippen molar-refractivity contribution in [2.75, 3.05) is 13.7 Å². The highest BCUT2D eigenvalue weighted by atomic mass is 35.5. The minimum Gasteiger partial charge on any atom is -0.493 e. The summed E-state index contributed by atoms with van der Waals surface area (Å²) in [6, 6.07) is 12.3. The van der Waals surface area contributed by atoms with Crippen molar-refractivity contribution in [3.8, 4) is 22.8 Å². The summed E-state index contributed by atoms with van der Waals surface area (Å²) in [7, 11) is 1.52. The van der Waals surface area contributed by atoms with E-state index in [1.54, 1.807) is 36.4 Å². The molecule has 0 saturated carbocycles. The van der Waals surface area contributed by atoms with Gasteiger partial charge in [0.25, 0.3) is 5.91 Å². The minimum atomic E-state index is -0.275. The van der Waals surface area contributed by atoms with Crippen LogP contribution in [0, 0.1) is 6.92 Å². The third-order valence-corrected chi connectivity index (χ3v) is 4.38. The lowest BCUT2D eigenvalue weighted by atomic mass is 10.1. The standard InChI is InChI=1S/C22H21ClN2O4/c1-4-11-28-18-10-7-16(12-19(18)27-3)22(26)24-13-20-25-14(2)21(29-20)15-5-8-17(23)9-6-15/h4-10,12H,1,11,13H2,2-3H3,(H,24,26). The highest BCUT2D eigenvalue weighted by Gasteiger charge is 2.15. The number of nitrogens with zero attached hydrogens (tertiary/aromatic N) is 1. The second-order valence-corrected chi connectivity index (χ2v) is 6.61. The van der Waals surface area contributed by atoms with Crippen molar-refractivity contribution in [3.05, 3.63) is 77.3 Å². The molecule has 1 N–H and O–H groups in total. The van der Waals surface area contributed by atoms with Gasteiger partial charge in [-0.05, 0) is 49.4 Å². The number of aryl methyl sites for hydroxylation is 1. The van der Waals surface area contributed by atoms with Crippen LogP contribution in [-0.2, 0) is 6.54 Å².